The Balaban J connectivity index is 1.62. The highest BCUT2D eigenvalue weighted by atomic mass is 19.4. The molecule has 0 aromatic heterocycles. The number of carbonyl (C=O) groups excluding carboxylic acids is 1. The molecule has 3 nitrogen and oxygen atoms in total. The number of carbonyl (C=O) groups is 1. The van der Waals surface area contributed by atoms with Gasteiger partial charge in [0.1, 0.15) is 0 Å². The van der Waals surface area contributed by atoms with E-state index in [1.54, 1.807) is 0 Å². The van der Waals surface area contributed by atoms with Gasteiger partial charge in [-0.2, -0.15) is 13.2 Å². The van der Waals surface area contributed by atoms with Crippen LogP contribution in [0.15, 0.2) is 54.6 Å². The zero-order valence-electron chi connectivity index (χ0n) is 16.8. The fourth-order valence-electron chi connectivity index (χ4n) is 4.15. The summed E-state index contributed by atoms with van der Waals surface area (Å²) in [6.07, 6.45) is -0.419. The molecule has 1 fully saturated rings. The molecular weight excluding hydrogens is 377 g/mol. The fourth-order valence-corrected chi connectivity index (χ4v) is 4.15. The molecule has 0 radical (unpaired) electrons. The monoisotopic (exact) mass is 404 g/mol. The van der Waals surface area contributed by atoms with E-state index in [1.807, 2.05) is 20.2 Å². The van der Waals surface area contributed by atoms with Crippen LogP contribution in [-0.2, 0) is 6.18 Å². The molecule has 0 bridgehead atoms. The maximum Gasteiger partial charge on any atom is 0.416 e. The van der Waals surface area contributed by atoms with Crippen LogP contribution in [0.25, 0.3) is 0 Å². The molecule has 0 spiro atoms. The molecule has 0 aliphatic heterocycles. The summed E-state index contributed by atoms with van der Waals surface area (Å²) in [5, 5.41) is 2.94. The van der Waals surface area contributed by atoms with Crippen molar-refractivity contribution in [1.29, 1.82) is 0 Å². The molecule has 3 rings (SSSR count). The number of nitrogens with zero attached hydrogens (tertiary/aromatic N) is 1. The smallest absolute Gasteiger partial charge is 0.350 e. The van der Waals surface area contributed by atoms with E-state index >= 15 is 0 Å². The minimum atomic E-state index is -4.40. The van der Waals surface area contributed by atoms with Gasteiger partial charge >= 0.3 is 6.18 Å². The first kappa shape index (κ1) is 21.4. The van der Waals surface area contributed by atoms with Crippen molar-refractivity contribution in [2.24, 2.45) is 0 Å². The molecule has 1 amide bonds. The van der Waals surface area contributed by atoms with Gasteiger partial charge in [-0.05, 0) is 75.5 Å². The number of nitrogens with one attached hydrogen (secondary N) is 1. The lowest BCUT2D eigenvalue weighted by atomic mass is 9.73. The van der Waals surface area contributed by atoms with Gasteiger partial charge in [0, 0.05) is 17.6 Å². The molecule has 0 atom stereocenters. The largest absolute Gasteiger partial charge is 0.416 e. The molecule has 2 aromatic carbocycles. The van der Waals surface area contributed by atoms with Gasteiger partial charge in [0.25, 0.3) is 5.91 Å². The van der Waals surface area contributed by atoms with E-state index in [0.29, 0.717) is 12.5 Å². The fraction of sp³-hybridized carbons (Fsp3) is 0.435. The van der Waals surface area contributed by atoms with E-state index in [4.69, 9.17) is 0 Å². The summed E-state index contributed by atoms with van der Waals surface area (Å²) in [7, 11) is 4.04. The van der Waals surface area contributed by atoms with Crippen molar-refractivity contribution >= 4 is 5.91 Å². The first-order valence-corrected chi connectivity index (χ1v) is 9.89. The number of benzene rings is 2. The van der Waals surface area contributed by atoms with E-state index in [2.05, 4.69) is 34.5 Å². The standard InChI is InChI=1S/C23H27F3N2O/c1-28(2)22(14-12-18(13-15-22)17-6-4-3-5-7-17)16-27-21(29)19-8-10-20(11-9-19)23(24,25)26/h3-11,18H,12-16H2,1-2H3,(H,27,29). The van der Waals surface area contributed by atoms with Crippen molar-refractivity contribution in [3.63, 3.8) is 0 Å². The van der Waals surface area contributed by atoms with E-state index in [-0.39, 0.29) is 17.0 Å². The van der Waals surface area contributed by atoms with Crippen molar-refractivity contribution < 1.29 is 18.0 Å². The van der Waals surface area contributed by atoms with E-state index in [9.17, 15) is 18.0 Å². The predicted molar refractivity (Wildman–Crippen MR) is 108 cm³/mol. The third-order valence-corrected chi connectivity index (χ3v) is 6.19. The second-order valence-electron chi connectivity index (χ2n) is 8.06. The molecule has 2 aromatic rings. The third kappa shape index (κ3) is 4.99. The van der Waals surface area contributed by atoms with Crippen LogP contribution in [0, 0.1) is 0 Å². The van der Waals surface area contributed by atoms with Crippen molar-refractivity contribution in [3.05, 3.63) is 71.3 Å². The molecule has 1 N–H and O–H groups in total. The minimum absolute atomic E-state index is 0.146. The first-order chi connectivity index (χ1) is 13.7. The van der Waals surface area contributed by atoms with Gasteiger partial charge in [-0.25, -0.2) is 0 Å². The van der Waals surface area contributed by atoms with Gasteiger partial charge in [0.2, 0.25) is 0 Å². The Morgan fingerprint density at radius 2 is 1.62 bits per heavy atom. The molecule has 29 heavy (non-hydrogen) atoms. The molecule has 1 aliphatic rings. The number of likely N-dealkylation sites (N-methyl/N-ethyl adjacent to an activating group) is 1. The Labute approximate surface area is 169 Å². The first-order valence-electron chi connectivity index (χ1n) is 9.89. The number of rotatable bonds is 5. The van der Waals surface area contributed by atoms with Crippen LogP contribution < -0.4 is 5.32 Å². The Bertz CT molecular complexity index is 808. The predicted octanol–water partition coefficient (Wildman–Crippen LogP) is 5.09. The molecule has 156 valence electrons. The van der Waals surface area contributed by atoms with Crippen LogP contribution in [0.1, 0.15) is 53.1 Å². The lowest BCUT2D eigenvalue weighted by Gasteiger charge is -2.45. The van der Waals surface area contributed by atoms with Gasteiger partial charge in [0.05, 0.1) is 5.56 Å². The van der Waals surface area contributed by atoms with Crippen LogP contribution in [-0.4, -0.2) is 37.0 Å². The van der Waals surface area contributed by atoms with Crippen LogP contribution in [0.4, 0.5) is 13.2 Å². The van der Waals surface area contributed by atoms with Crippen LogP contribution in [0.5, 0.6) is 0 Å². The number of hydrogen-bond donors (Lipinski definition) is 1. The third-order valence-electron chi connectivity index (χ3n) is 6.19. The second kappa shape index (κ2) is 8.57. The quantitative estimate of drug-likeness (QED) is 0.753. The summed E-state index contributed by atoms with van der Waals surface area (Å²) in [5.74, 6) is 0.181. The number of halogens is 3. The van der Waals surface area contributed by atoms with Gasteiger partial charge in [-0.15, -0.1) is 0 Å². The number of alkyl halides is 3. The summed E-state index contributed by atoms with van der Waals surface area (Å²) in [4.78, 5) is 14.7. The molecular formula is C23H27F3N2O. The van der Waals surface area contributed by atoms with E-state index in [1.165, 1.54) is 17.7 Å². The topological polar surface area (TPSA) is 32.3 Å². The van der Waals surface area contributed by atoms with Gasteiger partial charge in [-0.1, -0.05) is 30.3 Å². The molecule has 1 saturated carbocycles. The summed E-state index contributed by atoms with van der Waals surface area (Å²) >= 11 is 0. The van der Waals surface area contributed by atoms with Crippen molar-refractivity contribution in [1.82, 2.24) is 10.2 Å². The van der Waals surface area contributed by atoms with Gasteiger partial charge in [0.15, 0.2) is 0 Å². The zero-order valence-corrected chi connectivity index (χ0v) is 16.8. The van der Waals surface area contributed by atoms with Gasteiger partial charge < -0.3 is 10.2 Å². The highest BCUT2D eigenvalue weighted by Crippen LogP contribution is 2.40. The Morgan fingerprint density at radius 3 is 2.14 bits per heavy atom. The molecule has 0 unspecified atom stereocenters. The molecule has 1 aliphatic carbocycles. The summed E-state index contributed by atoms with van der Waals surface area (Å²) in [5.41, 5.74) is 0.698. The van der Waals surface area contributed by atoms with Crippen LogP contribution in [0.2, 0.25) is 0 Å². The Hall–Kier alpha value is -2.34. The van der Waals surface area contributed by atoms with Crippen molar-refractivity contribution in [2.45, 2.75) is 43.3 Å². The van der Waals surface area contributed by atoms with Crippen LogP contribution >= 0.6 is 0 Å². The van der Waals surface area contributed by atoms with Gasteiger partial charge in [-0.3, -0.25) is 4.79 Å². The lowest BCUT2D eigenvalue weighted by Crippen LogP contribution is -2.54. The number of hydrogen-bond acceptors (Lipinski definition) is 2. The second-order valence-corrected chi connectivity index (χ2v) is 8.06. The average molecular weight is 404 g/mol. The summed E-state index contributed by atoms with van der Waals surface area (Å²) in [6.45, 7) is 0.474. The lowest BCUT2D eigenvalue weighted by molar-refractivity contribution is -0.137. The van der Waals surface area contributed by atoms with E-state index < -0.39 is 11.7 Å². The van der Waals surface area contributed by atoms with E-state index in [0.717, 1.165) is 37.8 Å². The average Bonchev–Trinajstić information content (AvgIpc) is 2.72. The highest BCUT2D eigenvalue weighted by Gasteiger charge is 2.38. The normalized spacial score (nSPS) is 22.5. The Morgan fingerprint density at radius 1 is 1.03 bits per heavy atom. The minimum Gasteiger partial charge on any atom is -0.350 e. The maximum atomic E-state index is 12.7. The van der Waals surface area contributed by atoms with Crippen LogP contribution in [0.3, 0.4) is 0 Å². The number of amides is 1. The summed E-state index contributed by atoms with van der Waals surface area (Å²) < 4.78 is 38.1. The van der Waals surface area contributed by atoms with Crippen molar-refractivity contribution in [2.75, 3.05) is 20.6 Å². The molecule has 0 heterocycles. The Kier molecular flexibility index (Phi) is 6.32. The maximum absolute atomic E-state index is 12.7. The summed E-state index contributed by atoms with van der Waals surface area (Å²) in [6, 6.07) is 14.8. The van der Waals surface area contributed by atoms with Crippen molar-refractivity contribution in [3.8, 4) is 0 Å². The molecule has 6 heteroatoms. The zero-order chi connectivity index (χ0) is 21.1. The SMILES string of the molecule is CN(C)C1(CNC(=O)c2ccc(C(F)(F)F)cc2)CCC(c2ccccc2)CC1. The highest BCUT2D eigenvalue weighted by molar-refractivity contribution is 5.94. The molecule has 0 saturated heterocycles.